The van der Waals surface area contributed by atoms with Gasteiger partial charge in [0.25, 0.3) is 0 Å². The van der Waals surface area contributed by atoms with E-state index in [4.69, 9.17) is 4.74 Å². The smallest absolute Gasteiger partial charge is 0.234 e. The van der Waals surface area contributed by atoms with Crippen LogP contribution < -0.4 is 10.6 Å². The van der Waals surface area contributed by atoms with Crippen LogP contribution in [0, 0.1) is 0 Å². The van der Waals surface area contributed by atoms with E-state index < -0.39 is 0 Å². The predicted octanol–water partition coefficient (Wildman–Crippen LogP) is 1.71. The number of aromatic amines is 1. The van der Waals surface area contributed by atoms with Crippen LogP contribution in [-0.4, -0.2) is 54.7 Å². The van der Waals surface area contributed by atoms with Gasteiger partial charge in [0, 0.05) is 13.7 Å². The first-order valence-electron chi connectivity index (χ1n) is 7.67. The number of carbonyl (C=O) groups is 1. The first-order chi connectivity index (χ1) is 11.2. The Kier molecular flexibility index (Phi) is 7.38. The van der Waals surface area contributed by atoms with Crippen molar-refractivity contribution in [3.63, 3.8) is 0 Å². The number of para-hydroxylation sites is 2. The predicted molar refractivity (Wildman–Crippen MR) is 94.7 cm³/mol. The summed E-state index contributed by atoms with van der Waals surface area (Å²) >= 11 is 1.76. The molecule has 6 nitrogen and oxygen atoms in total. The van der Waals surface area contributed by atoms with E-state index in [9.17, 15) is 4.79 Å². The molecule has 1 aromatic heterocycles. The number of aromatic nitrogens is 2. The van der Waals surface area contributed by atoms with Gasteiger partial charge in [-0.3, -0.25) is 4.79 Å². The number of amides is 1. The third kappa shape index (κ3) is 5.53. The molecule has 1 unspecified atom stereocenters. The maximum absolute atomic E-state index is 12.1. The first-order valence-corrected chi connectivity index (χ1v) is 9.06. The van der Waals surface area contributed by atoms with E-state index in [-0.39, 0.29) is 18.5 Å². The molecule has 0 spiro atoms. The maximum Gasteiger partial charge on any atom is 0.234 e. The highest BCUT2D eigenvalue weighted by Gasteiger charge is 2.17. The van der Waals surface area contributed by atoms with Gasteiger partial charge in [0.2, 0.25) is 5.91 Å². The van der Waals surface area contributed by atoms with E-state index in [1.54, 1.807) is 18.9 Å². The highest BCUT2D eigenvalue weighted by molar-refractivity contribution is 7.98. The Hall–Kier alpha value is -1.57. The lowest BCUT2D eigenvalue weighted by atomic mass is 10.2. The molecule has 0 aliphatic carbocycles. The summed E-state index contributed by atoms with van der Waals surface area (Å²) in [7, 11) is 1.64. The number of H-pyrrole nitrogens is 1. The minimum absolute atomic E-state index is 0.0346. The number of nitrogens with zero attached hydrogens (tertiary/aromatic N) is 1. The third-order valence-electron chi connectivity index (χ3n) is 3.45. The first kappa shape index (κ1) is 17.8. The minimum Gasteiger partial charge on any atom is -0.383 e. The van der Waals surface area contributed by atoms with Gasteiger partial charge < -0.3 is 20.4 Å². The zero-order chi connectivity index (χ0) is 16.5. The topological polar surface area (TPSA) is 79.0 Å². The highest BCUT2D eigenvalue weighted by Crippen LogP contribution is 2.19. The fourth-order valence-corrected chi connectivity index (χ4v) is 2.74. The zero-order valence-corrected chi connectivity index (χ0v) is 14.4. The van der Waals surface area contributed by atoms with Crippen molar-refractivity contribution >= 4 is 28.7 Å². The van der Waals surface area contributed by atoms with Gasteiger partial charge in [-0.2, -0.15) is 11.8 Å². The number of rotatable bonds is 10. The maximum atomic E-state index is 12.1. The third-order valence-corrected chi connectivity index (χ3v) is 4.10. The van der Waals surface area contributed by atoms with Gasteiger partial charge in [0.05, 0.1) is 30.2 Å². The van der Waals surface area contributed by atoms with Crippen molar-refractivity contribution in [2.75, 3.05) is 38.8 Å². The Morgan fingerprint density at radius 3 is 3.00 bits per heavy atom. The van der Waals surface area contributed by atoms with Crippen molar-refractivity contribution in [2.24, 2.45) is 0 Å². The van der Waals surface area contributed by atoms with Gasteiger partial charge in [-0.15, -0.1) is 0 Å². The summed E-state index contributed by atoms with van der Waals surface area (Å²) in [6.45, 7) is 1.52. The standard InChI is InChI=1S/C16H24N4O2S/c1-22-9-8-17-11-15(21)18-14(7-10-23-2)16-19-12-5-3-4-6-13(12)20-16/h3-6,14,17H,7-11H2,1-2H3,(H,18,21)(H,19,20). The highest BCUT2D eigenvalue weighted by atomic mass is 32.2. The molecular weight excluding hydrogens is 312 g/mol. The van der Waals surface area contributed by atoms with Crippen LogP contribution in [0.1, 0.15) is 18.3 Å². The van der Waals surface area contributed by atoms with Gasteiger partial charge >= 0.3 is 0 Å². The number of nitrogens with one attached hydrogen (secondary N) is 3. The van der Waals surface area contributed by atoms with Crippen molar-refractivity contribution in [3.8, 4) is 0 Å². The second-order valence-corrected chi connectivity index (χ2v) is 6.20. The molecule has 0 saturated heterocycles. The fourth-order valence-electron chi connectivity index (χ4n) is 2.27. The molecule has 0 aliphatic rings. The van der Waals surface area contributed by atoms with Crippen molar-refractivity contribution < 1.29 is 9.53 Å². The lowest BCUT2D eigenvalue weighted by Crippen LogP contribution is -2.37. The molecule has 3 N–H and O–H groups in total. The average molecular weight is 336 g/mol. The van der Waals surface area contributed by atoms with Gasteiger partial charge in [-0.05, 0) is 30.6 Å². The number of ether oxygens (including phenoxy) is 1. The molecule has 1 heterocycles. The van der Waals surface area contributed by atoms with E-state index in [0.717, 1.165) is 29.0 Å². The molecule has 7 heteroatoms. The molecular formula is C16H24N4O2S. The lowest BCUT2D eigenvalue weighted by molar-refractivity contribution is -0.121. The van der Waals surface area contributed by atoms with E-state index in [0.29, 0.717) is 13.2 Å². The van der Waals surface area contributed by atoms with Crippen LogP contribution in [0.4, 0.5) is 0 Å². The Labute approximate surface area is 140 Å². The molecule has 0 saturated carbocycles. The molecule has 126 valence electrons. The Morgan fingerprint density at radius 1 is 1.43 bits per heavy atom. The lowest BCUT2D eigenvalue weighted by Gasteiger charge is -2.16. The van der Waals surface area contributed by atoms with Gasteiger partial charge in [-0.25, -0.2) is 4.98 Å². The van der Waals surface area contributed by atoms with Gasteiger partial charge in [0.15, 0.2) is 0 Å². The van der Waals surface area contributed by atoms with E-state index in [1.807, 2.05) is 24.3 Å². The molecule has 1 aromatic carbocycles. The summed E-state index contributed by atoms with van der Waals surface area (Å²) in [5.74, 6) is 1.73. The van der Waals surface area contributed by atoms with Crippen LogP contribution in [0.5, 0.6) is 0 Å². The number of hydrogen-bond donors (Lipinski definition) is 3. The Balaban J connectivity index is 1.99. The zero-order valence-electron chi connectivity index (χ0n) is 13.6. The van der Waals surface area contributed by atoms with Gasteiger partial charge in [-0.1, -0.05) is 12.1 Å². The van der Waals surface area contributed by atoms with Crippen LogP contribution in [-0.2, 0) is 9.53 Å². The molecule has 0 fully saturated rings. The molecule has 23 heavy (non-hydrogen) atoms. The van der Waals surface area contributed by atoms with Crippen LogP contribution >= 0.6 is 11.8 Å². The van der Waals surface area contributed by atoms with Crippen molar-refractivity contribution in [2.45, 2.75) is 12.5 Å². The fraction of sp³-hybridized carbons (Fsp3) is 0.500. The van der Waals surface area contributed by atoms with E-state index in [1.165, 1.54) is 0 Å². The van der Waals surface area contributed by atoms with Crippen LogP contribution in [0.2, 0.25) is 0 Å². The summed E-state index contributed by atoms with van der Waals surface area (Å²) in [6.07, 6.45) is 2.90. The molecule has 0 aliphatic heterocycles. The SMILES string of the molecule is COCCNCC(=O)NC(CCSC)c1nc2ccccc2[nH]1. The van der Waals surface area contributed by atoms with Gasteiger partial charge in [0.1, 0.15) is 5.82 Å². The number of hydrogen-bond acceptors (Lipinski definition) is 5. The molecule has 2 aromatic rings. The molecule has 0 radical (unpaired) electrons. The van der Waals surface area contributed by atoms with Crippen LogP contribution in [0.3, 0.4) is 0 Å². The van der Waals surface area contributed by atoms with E-state index in [2.05, 4.69) is 26.9 Å². The Morgan fingerprint density at radius 2 is 2.26 bits per heavy atom. The molecule has 1 amide bonds. The van der Waals surface area contributed by atoms with E-state index >= 15 is 0 Å². The molecule has 0 bridgehead atoms. The number of imidazole rings is 1. The summed E-state index contributed by atoms with van der Waals surface area (Å²) in [5.41, 5.74) is 1.91. The minimum atomic E-state index is -0.105. The summed E-state index contributed by atoms with van der Waals surface area (Å²) in [6, 6.07) is 7.79. The summed E-state index contributed by atoms with van der Waals surface area (Å²) in [4.78, 5) is 20.0. The molecule has 2 rings (SSSR count). The Bertz CT molecular complexity index is 584. The molecule has 1 atom stereocenters. The average Bonchev–Trinajstić information content (AvgIpc) is 2.99. The largest absolute Gasteiger partial charge is 0.383 e. The quantitative estimate of drug-likeness (QED) is 0.576. The number of methoxy groups -OCH3 is 1. The second-order valence-electron chi connectivity index (χ2n) is 5.21. The monoisotopic (exact) mass is 336 g/mol. The normalized spacial score (nSPS) is 12.4. The summed E-state index contributed by atoms with van der Waals surface area (Å²) < 4.78 is 4.95. The summed E-state index contributed by atoms with van der Waals surface area (Å²) in [5, 5.41) is 6.11. The number of fused-ring (bicyclic) bond motifs is 1. The van der Waals surface area contributed by atoms with Crippen LogP contribution in [0.15, 0.2) is 24.3 Å². The number of benzene rings is 1. The van der Waals surface area contributed by atoms with Crippen molar-refractivity contribution in [1.29, 1.82) is 0 Å². The number of thioether (sulfide) groups is 1. The second kappa shape index (κ2) is 9.54. The van der Waals surface area contributed by atoms with Crippen molar-refractivity contribution in [3.05, 3.63) is 30.1 Å². The van der Waals surface area contributed by atoms with Crippen molar-refractivity contribution in [1.82, 2.24) is 20.6 Å². The van der Waals surface area contributed by atoms with Crippen LogP contribution in [0.25, 0.3) is 11.0 Å². The number of carbonyl (C=O) groups excluding carboxylic acids is 1.